The zero-order chi connectivity index (χ0) is 10.2. The lowest BCUT2D eigenvalue weighted by Gasteiger charge is -2.26. The lowest BCUT2D eigenvalue weighted by atomic mass is 9.99. The van der Waals surface area contributed by atoms with Gasteiger partial charge < -0.3 is 10.6 Å². The van der Waals surface area contributed by atoms with Crippen LogP contribution in [-0.2, 0) is 0 Å². The van der Waals surface area contributed by atoms with Crippen molar-refractivity contribution in [3.05, 3.63) is 0 Å². The van der Waals surface area contributed by atoms with E-state index in [9.17, 15) is 0 Å². The summed E-state index contributed by atoms with van der Waals surface area (Å²) >= 11 is 0. The third-order valence-corrected chi connectivity index (χ3v) is 2.77. The standard InChI is InChI=1S/C12H22N2/c1-3-4-8-13-11(2)10-12-7-5-6-9-14-12/h11-14H,5-10H2,1-2H3. The predicted molar refractivity (Wildman–Crippen MR) is 61.2 cm³/mol. The summed E-state index contributed by atoms with van der Waals surface area (Å²) in [6, 6.07) is 1.30. The molecule has 0 spiro atoms. The maximum absolute atomic E-state index is 3.56. The van der Waals surface area contributed by atoms with Crippen molar-refractivity contribution in [1.82, 2.24) is 10.6 Å². The minimum atomic E-state index is 0.575. The Morgan fingerprint density at radius 2 is 2.36 bits per heavy atom. The van der Waals surface area contributed by atoms with Gasteiger partial charge in [0.1, 0.15) is 0 Å². The molecule has 14 heavy (non-hydrogen) atoms. The van der Waals surface area contributed by atoms with Crippen molar-refractivity contribution in [3.63, 3.8) is 0 Å². The van der Waals surface area contributed by atoms with Crippen LogP contribution in [0, 0.1) is 11.8 Å². The molecule has 2 N–H and O–H groups in total. The summed E-state index contributed by atoms with van der Waals surface area (Å²) in [6.45, 7) is 6.15. The Morgan fingerprint density at radius 1 is 1.50 bits per heavy atom. The van der Waals surface area contributed by atoms with Gasteiger partial charge in [-0.1, -0.05) is 12.3 Å². The van der Waals surface area contributed by atoms with Crippen molar-refractivity contribution in [2.75, 3.05) is 13.1 Å². The average molecular weight is 194 g/mol. The Hall–Kier alpha value is -0.520. The SMILES string of the molecule is CC#CCNC(C)CC1CCCCN1. The zero-order valence-corrected chi connectivity index (χ0v) is 9.40. The summed E-state index contributed by atoms with van der Waals surface area (Å²) < 4.78 is 0. The van der Waals surface area contributed by atoms with E-state index in [1.54, 1.807) is 0 Å². The summed E-state index contributed by atoms with van der Waals surface area (Å²) in [5, 5.41) is 6.98. The van der Waals surface area contributed by atoms with Gasteiger partial charge in [-0.2, -0.15) is 0 Å². The Morgan fingerprint density at radius 3 is 3.00 bits per heavy atom. The van der Waals surface area contributed by atoms with E-state index in [2.05, 4.69) is 29.4 Å². The molecule has 2 unspecified atom stereocenters. The van der Waals surface area contributed by atoms with Gasteiger partial charge in [-0.15, -0.1) is 5.92 Å². The molecule has 80 valence electrons. The molecule has 0 aromatic heterocycles. The van der Waals surface area contributed by atoms with E-state index in [1.165, 1.54) is 32.2 Å². The molecule has 0 aromatic rings. The average Bonchev–Trinajstić information content (AvgIpc) is 2.20. The molecule has 1 rings (SSSR count). The van der Waals surface area contributed by atoms with Gasteiger partial charge in [-0.25, -0.2) is 0 Å². The number of piperidine rings is 1. The first-order valence-electron chi connectivity index (χ1n) is 5.69. The summed E-state index contributed by atoms with van der Waals surface area (Å²) in [5.74, 6) is 5.93. The van der Waals surface area contributed by atoms with E-state index in [1.807, 2.05) is 6.92 Å². The first-order valence-corrected chi connectivity index (χ1v) is 5.69. The topological polar surface area (TPSA) is 24.1 Å². The third-order valence-electron chi connectivity index (χ3n) is 2.77. The van der Waals surface area contributed by atoms with Crippen LogP contribution in [0.2, 0.25) is 0 Å². The monoisotopic (exact) mass is 194 g/mol. The Kier molecular flexibility index (Phi) is 5.66. The van der Waals surface area contributed by atoms with Crippen LogP contribution >= 0.6 is 0 Å². The second-order valence-electron chi connectivity index (χ2n) is 4.09. The van der Waals surface area contributed by atoms with Crippen molar-refractivity contribution in [2.45, 2.75) is 51.6 Å². The molecule has 2 nitrogen and oxygen atoms in total. The summed E-state index contributed by atoms with van der Waals surface area (Å²) in [7, 11) is 0. The maximum Gasteiger partial charge on any atom is 0.0578 e. The summed E-state index contributed by atoms with van der Waals surface area (Å²) in [5.41, 5.74) is 0. The van der Waals surface area contributed by atoms with Gasteiger partial charge in [0, 0.05) is 12.1 Å². The van der Waals surface area contributed by atoms with Gasteiger partial charge in [0.2, 0.25) is 0 Å². The van der Waals surface area contributed by atoms with Crippen LogP contribution in [0.15, 0.2) is 0 Å². The molecule has 1 saturated heterocycles. The van der Waals surface area contributed by atoms with Crippen LogP contribution in [0.4, 0.5) is 0 Å². The van der Waals surface area contributed by atoms with E-state index in [0.717, 1.165) is 12.6 Å². The van der Waals surface area contributed by atoms with Gasteiger partial charge in [-0.3, -0.25) is 0 Å². The van der Waals surface area contributed by atoms with Crippen molar-refractivity contribution in [2.24, 2.45) is 0 Å². The Labute approximate surface area is 87.8 Å². The van der Waals surface area contributed by atoms with Crippen LogP contribution in [0.5, 0.6) is 0 Å². The molecule has 0 radical (unpaired) electrons. The first kappa shape index (κ1) is 11.6. The van der Waals surface area contributed by atoms with Crippen LogP contribution in [0.3, 0.4) is 0 Å². The van der Waals surface area contributed by atoms with E-state index in [4.69, 9.17) is 0 Å². The normalized spacial score (nSPS) is 23.7. The molecule has 0 aromatic carbocycles. The van der Waals surface area contributed by atoms with Gasteiger partial charge in [0.05, 0.1) is 6.54 Å². The Balaban J connectivity index is 2.10. The van der Waals surface area contributed by atoms with Gasteiger partial charge in [0.15, 0.2) is 0 Å². The number of nitrogens with one attached hydrogen (secondary N) is 2. The second-order valence-corrected chi connectivity index (χ2v) is 4.09. The highest BCUT2D eigenvalue weighted by molar-refractivity contribution is 4.97. The van der Waals surface area contributed by atoms with Crippen molar-refractivity contribution >= 4 is 0 Å². The van der Waals surface area contributed by atoms with Crippen LogP contribution in [0.25, 0.3) is 0 Å². The quantitative estimate of drug-likeness (QED) is 0.663. The molecule has 0 aliphatic carbocycles. The molecule has 1 aliphatic heterocycles. The van der Waals surface area contributed by atoms with Crippen LogP contribution in [0.1, 0.15) is 39.5 Å². The van der Waals surface area contributed by atoms with E-state index >= 15 is 0 Å². The van der Waals surface area contributed by atoms with Gasteiger partial charge in [-0.05, 0) is 39.7 Å². The fourth-order valence-corrected chi connectivity index (χ4v) is 1.95. The van der Waals surface area contributed by atoms with E-state index in [-0.39, 0.29) is 0 Å². The highest BCUT2D eigenvalue weighted by atomic mass is 14.9. The second kappa shape index (κ2) is 6.86. The predicted octanol–water partition coefficient (Wildman–Crippen LogP) is 1.52. The summed E-state index contributed by atoms with van der Waals surface area (Å²) in [6.07, 6.45) is 5.30. The molecule has 2 heteroatoms. The molecule has 1 aliphatic rings. The molecule has 0 saturated carbocycles. The van der Waals surface area contributed by atoms with Crippen LogP contribution < -0.4 is 10.6 Å². The molecular formula is C12H22N2. The number of rotatable bonds is 4. The fraction of sp³-hybridized carbons (Fsp3) is 0.833. The fourth-order valence-electron chi connectivity index (χ4n) is 1.95. The van der Waals surface area contributed by atoms with Crippen molar-refractivity contribution in [1.29, 1.82) is 0 Å². The minimum Gasteiger partial charge on any atom is -0.314 e. The smallest absolute Gasteiger partial charge is 0.0578 e. The molecular weight excluding hydrogens is 172 g/mol. The van der Waals surface area contributed by atoms with E-state index in [0.29, 0.717) is 6.04 Å². The number of hydrogen-bond donors (Lipinski definition) is 2. The highest BCUT2D eigenvalue weighted by Gasteiger charge is 2.14. The van der Waals surface area contributed by atoms with Gasteiger partial charge in [0.25, 0.3) is 0 Å². The molecule has 0 amide bonds. The zero-order valence-electron chi connectivity index (χ0n) is 9.40. The molecule has 0 bridgehead atoms. The Bertz CT molecular complexity index is 196. The van der Waals surface area contributed by atoms with Crippen LogP contribution in [-0.4, -0.2) is 25.2 Å². The lowest BCUT2D eigenvalue weighted by molar-refractivity contribution is 0.349. The van der Waals surface area contributed by atoms with Gasteiger partial charge >= 0.3 is 0 Å². The first-order chi connectivity index (χ1) is 6.83. The molecule has 1 heterocycles. The highest BCUT2D eigenvalue weighted by Crippen LogP contribution is 2.11. The summed E-state index contributed by atoms with van der Waals surface area (Å²) in [4.78, 5) is 0. The maximum atomic E-state index is 3.56. The number of hydrogen-bond acceptors (Lipinski definition) is 2. The lowest BCUT2D eigenvalue weighted by Crippen LogP contribution is -2.39. The van der Waals surface area contributed by atoms with Crippen molar-refractivity contribution in [3.8, 4) is 11.8 Å². The van der Waals surface area contributed by atoms with E-state index < -0.39 is 0 Å². The minimum absolute atomic E-state index is 0.575. The molecule has 1 fully saturated rings. The largest absolute Gasteiger partial charge is 0.314 e. The third kappa shape index (κ3) is 4.64. The molecule has 2 atom stereocenters. The van der Waals surface area contributed by atoms with Crippen molar-refractivity contribution < 1.29 is 0 Å².